The van der Waals surface area contributed by atoms with Gasteiger partial charge in [-0.2, -0.15) is 13.2 Å². The number of alkyl halides is 3. The number of pyridine rings is 1. The first-order chi connectivity index (χ1) is 8.86. The fraction of sp³-hybridized carbons (Fsp3) is 0.154. The van der Waals surface area contributed by atoms with Crippen molar-refractivity contribution in [3.63, 3.8) is 0 Å². The van der Waals surface area contributed by atoms with Crippen molar-refractivity contribution in [2.24, 2.45) is 0 Å². The van der Waals surface area contributed by atoms with Crippen molar-refractivity contribution in [2.45, 2.75) is 13.1 Å². The fourth-order valence-electron chi connectivity index (χ4n) is 1.55. The second-order valence-corrected chi connectivity index (χ2v) is 4.81. The first-order valence-corrected chi connectivity index (χ1v) is 6.23. The highest BCUT2D eigenvalue weighted by Crippen LogP contribution is 2.32. The van der Waals surface area contributed by atoms with Gasteiger partial charge in [0, 0.05) is 5.69 Å². The second kappa shape index (κ2) is 5.21. The summed E-state index contributed by atoms with van der Waals surface area (Å²) in [4.78, 5) is 4.13. The van der Waals surface area contributed by atoms with Crippen molar-refractivity contribution in [3.8, 4) is 0 Å². The summed E-state index contributed by atoms with van der Waals surface area (Å²) in [5.41, 5.74) is 0.422. The van der Waals surface area contributed by atoms with Crippen LogP contribution in [-0.4, -0.2) is 4.98 Å². The van der Waals surface area contributed by atoms with Crippen LogP contribution in [0.5, 0.6) is 0 Å². The SMILES string of the molecule is Cc1ccc(C(F)(F)F)cc1Nc1cccc(Br)n1. The van der Waals surface area contributed by atoms with Crippen molar-refractivity contribution in [1.29, 1.82) is 0 Å². The van der Waals surface area contributed by atoms with E-state index in [2.05, 4.69) is 26.2 Å². The lowest BCUT2D eigenvalue weighted by Gasteiger charge is -2.13. The molecule has 1 aromatic carbocycles. The summed E-state index contributed by atoms with van der Waals surface area (Å²) in [5, 5.41) is 2.88. The average molecular weight is 331 g/mol. The van der Waals surface area contributed by atoms with Crippen molar-refractivity contribution in [3.05, 3.63) is 52.1 Å². The predicted molar refractivity (Wildman–Crippen MR) is 71.4 cm³/mol. The number of benzene rings is 1. The van der Waals surface area contributed by atoms with Gasteiger partial charge >= 0.3 is 6.18 Å². The number of nitrogens with zero attached hydrogens (tertiary/aromatic N) is 1. The molecule has 19 heavy (non-hydrogen) atoms. The average Bonchev–Trinajstić information content (AvgIpc) is 2.30. The molecule has 0 aliphatic carbocycles. The molecule has 0 aliphatic heterocycles. The third-order valence-corrected chi connectivity index (χ3v) is 2.98. The van der Waals surface area contributed by atoms with Crippen LogP contribution in [0.25, 0.3) is 0 Å². The number of anilines is 2. The Morgan fingerprint density at radius 1 is 1.16 bits per heavy atom. The summed E-state index contributed by atoms with van der Waals surface area (Å²) < 4.78 is 38.6. The molecular weight excluding hydrogens is 321 g/mol. The first kappa shape index (κ1) is 13.9. The Labute approximate surface area is 116 Å². The van der Waals surface area contributed by atoms with Crippen LogP contribution >= 0.6 is 15.9 Å². The molecule has 0 radical (unpaired) electrons. The van der Waals surface area contributed by atoms with Gasteiger partial charge in [0.1, 0.15) is 10.4 Å². The van der Waals surface area contributed by atoms with E-state index in [0.29, 0.717) is 16.1 Å². The van der Waals surface area contributed by atoms with E-state index >= 15 is 0 Å². The Kier molecular flexibility index (Phi) is 3.80. The van der Waals surface area contributed by atoms with Crippen LogP contribution in [0, 0.1) is 6.92 Å². The molecule has 0 saturated carbocycles. The van der Waals surface area contributed by atoms with Crippen molar-refractivity contribution < 1.29 is 13.2 Å². The molecule has 2 rings (SSSR count). The molecule has 1 aromatic heterocycles. The quantitative estimate of drug-likeness (QED) is 0.791. The van der Waals surface area contributed by atoms with Gasteiger partial charge in [0.25, 0.3) is 0 Å². The normalized spacial score (nSPS) is 11.4. The standard InChI is InChI=1S/C13H10BrF3N2/c1-8-5-6-9(13(15,16)17)7-10(8)18-12-4-2-3-11(14)19-12/h2-7H,1H3,(H,18,19). The van der Waals surface area contributed by atoms with Gasteiger partial charge < -0.3 is 5.32 Å². The second-order valence-electron chi connectivity index (χ2n) is 4.00. The molecule has 2 aromatic rings. The van der Waals surface area contributed by atoms with Crippen molar-refractivity contribution >= 4 is 27.4 Å². The summed E-state index contributed by atoms with van der Waals surface area (Å²) in [6.45, 7) is 1.74. The molecule has 0 unspecified atom stereocenters. The van der Waals surface area contributed by atoms with Gasteiger partial charge in [0.15, 0.2) is 0 Å². The molecule has 0 spiro atoms. The lowest BCUT2D eigenvalue weighted by molar-refractivity contribution is -0.137. The highest BCUT2D eigenvalue weighted by atomic mass is 79.9. The van der Waals surface area contributed by atoms with Gasteiger partial charge in [-0.1, -0.05) is 12.1 Å². The number of aromatic nitrogens is 1. The van der Waals surface area contributed by atoms with Crippen LogP contribution in [0.15, 0.2) is 41.0 Å². The summed E-state index contributed by atoms with van der Waals surface area (Å²) in [7, 11) is 0. The van der Waals surface area contributed by atoms with Gasteiger partial charge in [0.05, 0.1) is 5.56 Å². The molecule has 0 bridgehead atoms. The number of nitrogens with one attached hydrogen (secondary N) is 1. The number of hydrogen-bond acceptors (Lipinski definition) is 2. The van der Waals surface area contributed by atoms with Crippen LogP contribution in [0.4, 0.5) is 24.7 Å². The Balaban J connectivity index is 2.34. The van der Waals surface area contributed by atoms with E-state index in [4.69, 9.17) is 0 Å². The maximum atomic E-state index is 12.7. The zero-order chi connectivity index (χ0) is 14.0. The zero-order valence-electron chi connectivity index (χ0n) is 9.92. The number of rotatable bonds is 2. The lowest BCUT2D eigenvalue weighted by atomic mass is 10.1. The molecule has 100 valence electrons. The van der Waals surface area contributed by atoms with Crippen LogP contribution < -0.4 is 5.32 Å². The first-order valence-electron chi connectivity index (χ1n) is 5.44. The highest BCUT2D eigenvalue weighted by molar-refractivity contribution is 9.10. The van der Waals surface area contributed by atoms with E-state index in [1.54, 1.807) is 25.1 Å². The van der Waals surface area contributed by atoms with Gasteiger partial charge in [-0.15, -0.1) is 0 Å². The van der Waals surface area contributed by atoms with Gasteiger partial charge in [-0.3, -0.25) is 0 Å². The van der Waals surface area contributed by atoms with Gasteiger partial charge in [-0.05, 0) is 52.7 Å². The van der Waals surface area contributed by atoms with Gasteiger partial charge in [-0.25, -0.2) is 4.98 Å². The van der Waals surface area contributed by atoms with Crippen LogP contribution in [-0.2, 0) is 6.18 Å². The molecule has 1 N–H and O–H groups in total. The van der Waals surface area contributed by atoms with E-state index in [-0.39, 0.29) is 0 Å². The van der Waals surface area contributed by atoms with Crippen molar-refractivity contribution in [2.75, 3.05) is 5.32 Å². The molecule has 6 heteroatoms. The summed E-state index contributed by atoms with van der Waals surface area (Å²) >= 11 is 3.21. The molecule has 2 nitrogen and oxygen atoms in total. The fourth-order valence-corrected chi connectivity index (χ4v) is 1.89. The number of aryl methyl sites for hydroxylation is 1. The minimum atomic E-state index is -4.35. The van der Waals surface area contributed by atoms with Crippen LogP contribution in [0.3, 0.4) is 0 Å². The predicted octanol–water partition coefficient (Wildman–Crippen LogP) is 4.91. The maximum Gasteiger partial charge on any atom is 0.416 e. The van der Waals surface area contributed by atoms with Gasteiger partial charge in [0.2, 0.25) is 0 Å². The van der Waals surface area contributed by atoms with Crippen LogP contribution in [0.1, 0.15) is 11.1 Å². The van der Waals surface area contributed by atoms with E-state index < -0.39 is 11.7 Å². The smallest absolute Gasteiger partial charge is 0.340 e. The summed E-state index contributed by atoms with van der Waals surface area (Å²) in [6.07, 6.45) is -4.35. The number of hydrogen-bond donors (Lipinski definition) is 1. The Morgan fingerprint density at radius 2 is 1.89 bits per heavy atom. The zero-order valence-corrected chi connectivity index (χ0v) is 11.5. The maximum absolute atomic E-state index is 12.7. The lowest BCUT2D eigenvalue weighted by Crippen LogP contribution is -2.06. The van der Waals surface area contributed by atoms with E-state index in [0.717, 1.165) is 17.7 Å². The number of halogens is 4. The molecule has 0 aliphatic rings. The summed E-state index contributed by atoms with van der Waals surface area (Å²) in [6, 6.07) is 8.76. The molecule has 0 saturated heterocycles. The summed E-state index contributed by atoms with van der Waals surface area (Å²) in [5.74, 6) is 0.483. The topological polar surface area (TPSA) is 24.9 Å². The molecular formula is C13H10BrF3N2. The minimum absolute atomic E-state index is 0.389. The van der Waals surface area contributed by atoms with E-state index in [9.17, 15) is 13.2 Å². The highest BCUT2D eigenvalue weighted by Gasteiger charge is 2.30. The molecule has 1 heterocycles. The largest absolute Gasteiger partial charge is 0.416 e. The van der Waals surface area contributed by atoms with Crippen molar-refractivity contribution in [1.82, 2.24) is 4.98 Å². The third-order valence-electron chi connectivity index (χ3n) is 2.54. The monoisotopic (exact) mass is 330 g/mol. The molecule has 0 amide bonds. The Morgan fingerprint density at radius 3 is 2.53 bits per heavy atom. The molecule has 0 fully saturated rings. The van der Waals surface area contributed by atoms with Crippen LogP contribution in [0.2, 0.25) is 0 Å². The Bertz CT molecular complexity index is 597. The van der Waals surface area contributed by atoms with E-state index in [1.807, 2.05) is 0 Å². The van der Waals surface area contributed by atoms with E-state index in [1.165, 1.54) is 6.07 Å². The minimum Gasteiger partial charge on any atom is -0.340 e. The third kappa shape index (κ3) is 3.47. The Hall–Kier alpha value is -1.56. The molecule has 0 atom stereocenters.